The van der Waals surface area contributed by atoms with Gasteiger partial charge in [0.05, 0.1) is 0 Å². The fourth-order valence-corrected chi connectivity index (χ4v) is 2.22. The zero-order valence-corrected chi connectivity index (χ0v) is 11.9. The molecule has 0 saturated carbocycles. The minimum absolute atomic E-state index is 0.847. The summed E-state index contributed by atoms with van der Waals surface area (Å²) < 4.78 is 0. The van der Waals surface area contributed by atoms with E-state index in [0.29, 0.717) is 0 Å². The normalized spacial score (nSPS) is 10.9. The van der Waals surface area contributed by atoms with E-state index >= 15 is 0 Å². The van der Waals surface area contributed by atoms with Gasteiger partial charge in [-0.25, -0.2) is 0 Å². The van der Waals surface area contributed by atoms with E-state index < -0.39 is 0 Å². The highest BCUT2D eigenvalue weighted by Crippen LogP contribution is 2.19. The van der Waals surface area contributed by atoms with Crippen molar-refractivity contribution in [3.63, 3.8) is 0 Å². The van der Waals surface area contributed by atoms with Gasteiger partial charge in [-0.05, 0) is 37.5 Å². The van der Waals surface area contributed by atoms with Crippen molar-refractivity contribution in [2.75, 3.05) is 11.9 Å². The summed E-state index contributed by atoms with van der Waals surface area (Å²) in [5, 5.41) is 3.48. The summed E-state index contributed by atoms with van der Waals surface area (Å²) in [4.78, 5) is 0. The molecule has 98 valence electrons. The largest absolute Gasteiger partial charge is 0.381 e. The van der Waals surface area contributed by atoms with Crippen molar-refractivity contribution in [3.05, 3.63) is 70.8 Å². The quantitative estimate of drug-likeness (QED) is 0.827. The number of para-hydroxylation sites is 1. The molecule has 0 aliphatic rings. The van der Waals surface area contributed by atoms with Gasteiger partial charge in [-0.3, -0.25) is 0 Å². The Hall–Kier alpha value is -2.02. The molecule has 0 saturated heterocycles. The Kier molecular flexibility index (Phi) is 4.40. The van der Waals surface area contributed by atoms with E-state index in [9.17, 15) is 0 Å². The summed E-state index contributed by atoms with van der Waals surface area (Å²) in [5.41, 5.74) is 6.39. The summed E-state index contributed by atoms with van der Waals surface area (Å²) in [7, 11) is 0. The minimum atomic E-state index is 0.847. The maximum absolute atomic E-state index is 3.48. The van der Waals surface area contributed by atoms with Crippen molar-refractivity contribution in [1.29, 1.82) is 0 Å². The van der Waals surface area contributed by atoms with Crippen molar-refractivity contribution in [1.82, 2.24) is 0 Å². The molecule has 1 N–H and O–H groups in total. The summed E-state index contributed by atoms with van der Waals surface area (Å²) in [6, 6.07) is 14.9. The number of anilines is 1. The van der Waals surface area contributed by atoms with Crippen molar-refractivity contribution >= 4 is 11.8 Å². The fourth-order valence-electron chi connectivity index (χ4n) is 2.22. The molecule has 0 unspecified atom stereocenters. The van der Waals surface area contributed by atoms with E-state index in [1.54, 1.807) is 0 Å². The molecule has 2 aromatic carbocycles. The number of benzene rings is 2. The monoisotopic (exact) mass is 251 g/mol. The first-order chi connectivity index (χ1) is 9.16. The van der Waals surface area contributed by atoms with E-state index in [0.717, 1.165) is 6.54 Å². The summed E-state index contributed by atoms with van der Waals surface area (Å²) in [6.07, 6.45) is 4.33. The van der Waals surface area contributed by atoms with Gasteiger partial charge in [0.1, 0.15) is 0 Å². The van der Waals surface area contributed by atoms with Gasteiger partial charge in [0, 0.05) is 12.2 Å². The van der Waals surface area contributed by atoms with Crippen LogP contribution in [0.4, 0.5) is 5.69 Å². The molecular weight excluding hydrogens is 230 g/mol. The van der Waals surface area contributed by atoms with Crippen LogP contribution in [-0.2, 0) is 0 Å². The summed E-state index contributed by atoms with van der Waals surface area (Å²) in [5.74, 6) is 0. The molecule has 1 heteroatoms. The second-order valence-corrected chi connectivity index (χ2v) is 4.96. The van der Waals surface area contributed by atoms with Crippen molar-refractivity contribution in [2.45, 2.75) is 20.8 Å². The molecule has 0 spiro atoms. The predicted octanol–water partition coefficient (Wildman–Crippen LogP) is 4.74. The van der Waals surface area contributed by atoms with Crippen molar-refractivity contribution < 1.29 is 0 Å². The SMILES string of the molecule is Cc1cccc(/C=C/CNc2c(C)cccc2C)c1. The fraction of sp³-hybridized carbons (Fsp3) is 0.222. The van der Waals surface area contributed by atoms with Crippen LogP contribution in [0.15, 0.2) is 48.5 Å². The number of hydrogen-bond donors (Lipinski definition) is 1. The van der Waals surface area contributed by atoms with E-state index in [1.165, 1.54) is 27.9 Å². The highest BCUT2D eigenvalue weighted by Gasteiger charge is 1.98. The molecule has 0 aliphatic carbocycles. The van der Waals surface area contributed by atoms with Crippen LogP contribution in [0, 0.1) is 20.8 Å². The summed E-state index contributed by atoms with van der Waals surface area (Å²) in [6.45, 7) is 7.24. The molecule has 0 radical (unpaired) electrons. The first-order valence-corrected chi connectivity index (χ1v) is 6.70. The number of hydrogen-bond acceptors (Lipinski definition) is 1. The second-order valence-electron chi connectivity index (χ2n) is 4.96. The lowest BCUT2D eigenvalue weighted by Crippen LogP contribution is -2.01. The molecule has 2 rings (SSSR count). The number of nitrogens with one attached hydrogen (secondary N) is 1. The zero-order chi connectivity index (χ0) is 13.7. The predicted molar refractivity (Wildman–Crippen MR) is 84.6 cm³/mol. The maximum atomic E-state index is 3.48. The van der Waals surface area contributed by atoms with Crippen LogP contribution in [0.25, 0.3) is 6.08 Å². The molecule has 0 aliphatic heterocycles. The van der Waals surface area contributed by atoms with E-state index in [1.807, 2.05) is 0 Å². The van der Waals surface area contributed by atoms with Crippen LogP contribution < -0.4 is 5.32 Å². The first kappa shape index (κ1) is 13.4. The zero-order valence-electron chi connectivity index (χ0n) is 11.9. The minimum Gasteiger partial charge on any atom is -0.381 e. The Balaban J connectivity index is 1.97. The highest BCUT2D eigenvalue weighted by atomic mass is 14.9. The Morgan fingerprint density at radius 2 is 1.63 bits per heavy atom. The third kappa shape index (κ3) is 3.72. The number of aryl methyl sites for hydroxylation is 3. The highest BCUT2D eigenvalue weighted by molar-refractivity contribution is 5.58. The molecule has 1 nitrogen and oxygen atoms in total. The molecule has 2 aromatic rings. The molecule has 0 aromatic heterocycles. The molecular formula is C18H21N. The van der Waals surface area contributed by atoms with Gasteiger partial charge in [0.2, 0.25) is 0 Å². The van der Waals surface area contributed by atoms with Gasteiger partial charge in [-0.1, -0.05) is 60.2 Å². The van der Waals surface area contributed by atoms with E-state index in [2.05, 4.69) is 80.7 Å². The van der Waals surface area contributed by atoms with Gasteiger partial charge in [0.25, 0.3) is 0 Å². The van der Waals surface area contributed by atoms with Crippen LogP contribution >= 0.6 is 0 Å². The van der Waals surface area contributed by atoms with Gasteiger partial charge in [-0.15, -0.1) is 0 Å². The molecule has 0 heterocycles. The Bertz CT molecular complexity index is 562. The van der Waals surface area contributed by atoms with E-state index in [4.69, 9.17) is 0 Å². The lowest BCUT2D eigenvalue weighted by atomic mass is 10.1. The van der Waals surface area contributed by atoms with Gasteiger partial charge in [0.15, 0.2) is 0 Å². The number of rotatable bonds is 4. The van der Waals surface area contributed by atoms with Crippen LogP contribution in [-0.4, -0.2) is 6.54 Å². The average molecular weight is 251 g/mol. The lowest BCUT2D eigenvalue weighted by Gasteiger charge is -2.10. The molecule has 19 heavy (non-hydrogen) atoms. The third-order valence-corrected chi connectivity index (χ3v) is 3.23. The van der Waals surface area contributed by atoms with Crippen LogP contribution in [0.1, 0.15) is 22.3 Å². The molecule has 0 bridgehead atoms. The smallest absolute Gasteiger partial charge is 0.0402 e. The Labute approximate surface area is 116 Å². The Morgan fingerprint density at radius 1 is 0.947 bits per heavy atom. The topological polar surface area (TPSA) is 12.0 Å². The van der Waals surface area contributed by atoms with Crippen LogP contribution in [0.2, 0.25) is 0 Å². The standard InChI is InChI=1S/C18H21N/c1-14-7-4-10-17(13-14)11-6-12-19-18-15(2)8-5-9-16(18)3/h4-11,13,19H,12H2,1-3H3/b11-6+. The molecule has 0 fully saturated rings. The van der Waals surface area contributed by atoms with Gasteiger partial charge in [-0.2, -0.15) is 0 Å². The summed E-state index contributed by atoms with van der Waals surface area (Å²) >= 11 is 0. The van der Waals surface area contributed by atoms with Crippen molar-refractivity contribution in [3.8, 4) is 0 Å². The van der Waals surface area contributed by atoms with Crippen LogP contribution in [0.3, 0.4) is 0 Å². The van der Waals surface area contributed by atoms with E-state index in [-0.39, 0.29) is 0 Å². The van der Waals surface area contributed by atoms with Gasteiger partial charge >= 0.3 is 0 Å². The molecule has 0 atom stereocenters. The first-order valence-electron chi connectivity index (χ1n) is 6.70. The second kappa shape index (κ2) is 6.24. The maximum Gasteiger partial charge on any atom is 0.0402 e. The van der Waals surface area contributed by atoms with Gasteiger partial charge < -0.3 is 5.32 Å². The van der Waals surface area contributed by atoms with Crippen molar-refractivity contribution in [2.24, 2.45) is 0 Å². The lowest BCUT2D eigenvalue weighted by molar-refractivity contribution is 1.27. The average Bonchev–Trinajstić information content (AvgIpc) is 2.37. The van der Waals surface area contributed by atoms with Crippen LogP contribution in [0.5, 0.6) is 0 Å². The Morgan fingerprint density at radius 3 is 2.32 bits per heavy atom. The molecule has 0 amide bonds. The third-order valence-electron chi connectivity index (χ3n) is 3.23.